The highest BCUT2D eigenvalue weighted by molar-refractivity contribution is 9.10. The van der Waals surface area contributed by atoms with Crippen LogP contribution in [0.2, 0.25) is 0 Å². The van der Waals surface area contributed by atoms with Gasteiger partial charge in [-0.1, -0.05) is 154 Å². The van der Waals surface area contributed by atoms with Crippen molar-refractivity contribution in [2.45, 2.75) is 33.9 Å². The molecule has 2 N–H and O–H groups in total. The van der Waals surface area contributed by atoms with Gasteiger partial charge in [0.15, 0.2) is 0 Å². The van der Waals surface area contributed by atoms with Crippen LogP contribution in [0, 0.1) is 20.8 Å². The summed E-state index contributed by atoms with van der Waals surface area (Å²) in [4.78, 5) is 4.88. The van der Waals surface area contributed by atoms with E-state index < -0.39 is 0 Å². The third kappa shape index (κ3) is 11.7. The molecule has 5 aromatic rings. The SMILES string of the molecule is Cc1ccc(Br)cc1.Cc1ccc(CN)cc1.Cc1ccc(CN=C(c2ccccc2)c2ccccc2)cc1.Cl. The van der Waals surface area contributed by atoms with Gasteiger partial charge < -0.3 is 5.73 Å². The van der Waals surface area contributed by atoms with E-state index in [1.54, 1.807) is 0 Å². The smallest absolute Gasteiger partial charge is 0.0723 e. The van der Waals surface area contributed by atoms with Crippen LogP contribution < -0.4 is 5.73 Å². The van der Waals surface area contributed by atoms with Crippen LogP contribution in [0.3, 0.4) is 0 Å². The molecule has 0 aliphatic carbocycles. The number of benzene rings is 5. The predicted molar refractivity (Wildman–Crippen MR) is 179 cm³/mol. The van der Waals surface area contributed by atoms with Crippen LogP contribution in [0.1, 0.15) is 38.9 Å². The van der Waals surface area contributed by atoms with Gasteiger partial charge in [-0.05, 0) is 44.0 Å². The van der Waals surface area contributed by atoms with E-state index in [9.17, 15) is 0 Å². The van der Waals surface area contributed by atoms with Gasteiger partial charge in [0.05, 0.1) is 12.3 Å². The van der Waals surface area contributed by atoms with Gasteiger partial charge in [-0.25, -0.2) is 0 Å². The van der Waals surface area contributed by atoms with Crippen LogP contribution in [0.4, 0.5) is 0 Å². The van der Waals surface area contributed by atoms with E-state index in [0.29, 0.717) is 13.1 Å². The van der Waals surface area contributed by atoms with Crippen LogP contribution in [-0.4, -0.2) is 5.71 Å². The molecule has 0 fully saturated rings. The van der Waals surface area contributed by atoms with Crippen molar-refractivity contribution in [3.8, 4) is 0 Å². The molecule has 0 spiro atoms. The molecule has 2 nitrogen and oxygen atoms in total. The van der Waals surface area contributed by atoms with Gasteiger partial charge in [-0.2, -0.15) is 0 Å². The predicted octanol–water partition coefficient (Wildman–Crippen LogP) is 9.67. The maximum absolute atomic E-state index is 5.40. The highest BCUT2D eigenvalue weighted by Gasteiger charge is 2.05. The Balaban J connectivity index is 0.000000256. The molecule has 5 aromatic carbocycles. The summed E-state index contributed by atoms with van der Waals surface area (Å²) in [6, 6.07) is 45.8. The summed E-state index contributed by atoms with van der Waals surface area (Å²) in [5.41, 5.74) is 15.0. The monoisotopic (exact) mass is 612 g/mol. The molecule has 0 radical (unpaired) electrons. The molecule has 0 saturated carbocycles. The van der Waals surface area contributed by atoms with Gasteiger partial charge >= 0.3 is 0 Å². The van der Waals surface area contributed by atoms with Crippen LogP contribution in [0.5, 0.6) is 0 Å². The Morgan fingerprint density at radius 1 is 0.550 bits per heavy atom. The van der Waals surface area contributed by atoms with Gasteiger partial charge in [-0.3, -0.25) is 4.99 Å². The van der Waals surface area contributed by atoms with Gasteiger partial charge in [0.2, 0.25) is 0 Å². The van der Waals surface area contributed by atoms with Crippen molar-refractivity contribution < 1.29 is 0 Å². The van der Waals surface area contributed by atoms with E-state index in [4.69, 9.17) is 10.7 Å². The standard InChI is InChI=1S/C21H19N.C8H11N.C7H7Br.ClH/c1-17-12-14-18(15-13-17)16-22-21(19-8-4-2-5-9-19)20-10-6-3-7-11-20;1-7-2-4-8(6-9)5-3-7;1-6-2-4-7(8)5-3-6;/h2-15H,16H2,1H3;2-5H,6,9H2,1H3;2-5H,1H3;1H. The Morgan fingerprint density at radius 3 is 1.30 bits per heavy atom. The lowest BCUT2D eigenvalue weighted by Gasteiger charge is -2.08. The molecule has 0 aromatic heterocycles. The summed E-state index contributed by atoms with van der Waals surface area (Å²) in [6.07, 6.45) is 0. The molecule has 0 amide bonds. The number of hydrogen-bond donors (Lipinski definition) is 1. The van der Waals surface area contributed by atoms with E-state index in [2.05, 4.69) is 146 Å². The second-order valence-electron chi connectivity index (χ2n) is 9.37. The lowest BCUT2D eigenvalue weighted by atomic mass is 10.0. The summed E-state index contributed by atoms with van der Waals surface area (Å²) in [5, 5.41) is 0. The molecule has 0 atom stereocenters. The van der Waals surface area contributed by atoms with E-state index in [-0.39, 0.29) is 12.4 Å². The van der Waals surface area contributed by atoms with E-state index >= 15 is 0 Å². The first-order valence-electron chi connectivity index (χ1n) is 13.1. The minimum Gasteiger partial charge on any atom is -0.326 e. The van der Waals surface area contributed by atoms with Gasteiger partial charge in [0.1, 0.15) is 0 Å². The Kier molecular flexibility index (Phi) is 14.7. The molecular formula is C36H38BrClN2. The highest BCUT2D eigenvalue weighted by Crippen LogP contribution is 2.13. The Morgan fingerprint density at radius 2 is 0.925 bits per heavy atom. The van der Waals surface area contributed by atoms with E-state index in [0.717, 1.165) is 21.3 Å². The quantitative estimate of drug-likeness (QED) is 0.197. The average molecular weight is 614 g/mol. The largest absolute Gasteiger partial charge is 0.326 e. The number of rotatable bonds is 5. The fourth-order valence-electron chi connectivity index (χ4n) is 3.66. The highest BCUT2D eigenvalue weighted by atomic mass is 79.9. The van der Waals surface area contributed by atoms with E-state index in [1.165, 1.54) is 27.8 Å². The van der Waals surface area contributed by atoms with Crippen molar-refractivity contribution >= 4 is 34.0 Å². The number of aliphatic imine (C=N–C) groups is 1. The van der Waals surface area contributed by atoms with Gasteiger partial charge in [0.25, 0.3) is 0 Å². The van der Waals surface area contributed by atoms with Crippen molar-refractivity contribution in [2.75, 3.05) is 0 Å². The molecular weight excluding hydrogens is 576 g/mol. The molecule has 0 unspecified atom stereocenters. The molecule has 0 bridgehead atoms. The van der Waals surface area contributed by atoms with Crippen molar-refractivity contribution in [3.63, 3.8) is 0 Å². The zero-order chi connectivity index (χ0) is 27.9. The molecule has 40 heavy (non-hydrogen) atoms. The normalized spacial score (nSPS) is 9.62. The van der Waals surface area contributed by atoms with E-state index in [1.807, 2.05) is 24.3 Å². The fraction of sp³-hybridized carbons (Fsp3) is 0.139. The van der Waals surface area contributed by atoms with Crippen molar-refractivity contribution in [2.24, 2.45) is 10.7 Å². The molecule has 0 heterocycles. The number of hydrogen-bond acceptors (Lipinski definition) is 2. The molecule has 4 heteroatoms. The average Bonchev–Trinajstić information content (AvgIpc) is 2.98. The van der Waals surface area contributed by atoms with Crippen LogP contribution >= 0.6 is 28.3 Å². The zero-order valence-corrected chi connectivity index (χ0v) is 25.8. The van der Waals surface area contributed by atoms with Gasteiger partial charge in [0, 0.05) is 22.1 Å². The molecule has 206 valence electrons. The maximum atomic E-state index is 5.40. The summed E-state index contributed by atoms with van der Waals surface area (Å²) < 4.78 is 1.14. The third-order valence-electron chi connectivity index (χ3n) is 6.00. The summed E-state index contributed by atoms with van der Waals surface area (Å²) in [7, 11) is 0. The Hall–Kier alpha value is -3.50. The van der Waals surface area contributed by atoms with Crippen LogP contribution in [0.15, 0.2) is 143 Å². The molecule has 0 aliphatic rings. The maximum Gasteiger partial charge on any atom is 0.0723 e. The van der Waals surface area contributed by atoms with Crippen molar-refractivity contribution in [3.05, 3.63) is 177 Å². The summed E-state index contributed by atoms with van der Waals surface area (Å²) >= 11 is 3.35. The molecule has 0 aliphatic heterocycles. The lowest BCUT2D eigenvalue weighted by Crippen LogP contribution is -2.03. The first-order valence-corrected chi connectivity index (χ1v) is 13.9. The van der Waals surface area contributed by atoms with Crippen LogP contribution in [-0.2, 0) is 13.1 Å². The number of nitrogens with two attached hydrogens (primary N) is 1. The third-order valence-corrected chi connectivity index (χ3v) is 6.53. The number of halogens is 2. The molecule has 5 rings (SSSR count). The molecule has 0 saturated heterocycles. The second-order valence-corrected chi connectivity index (χ2v) is 10.3. The zero-order valence-electron chi connectivity index (χ0n) is 23.4. The van der Waals surface area contributed by atoms with Gasteiger partial charge in [-0.15, -0.1) is 12.4 Å². The lowest BCUT2D eigenvalue weighted by molar-refractivity contribution is 1.06. The summed E-state index contributed by atoms with van der Waals surface area (Å²) in [5.74, 6) is 0. The first-order chi connectivity index (χ1) is 18.9. The minimum absolute atomic E-state index is 0. The number of aryl methyl sites for hydroxylation is 3. The van der Waals surface area contributed by atoms with Crippen molar-refractivity contribution in [1.82, 2.24) is 0 Å². The minimum atomic E-state index is 0. The second kappa shape index (κ2) is 18.0. The fourth-order valence-corrected chi connectivity index (χ4v) is 3.93. The summed E-state index contributed by atoms with van der Waals surface area (Å²) in [6.45, 7) is 7.58. The van der Waals surface area contributed by atoms with Crippen molar-refractivity contribution in [1.29, 1.82) is 0 Å². The topological polar surface area (TPSA) is 38.4 Å². The first kappa shape index (κ1) is 32.7. The Labute approximate surface area is 254 Å². The van der Waals surface area contributed by atoms with Crippen LogP contribution in [0.25, 0.3) is 0 Å². The number of nitrogens with zero attached hydrogens (tertiary/aromatic N) is 1. The Bertz CT molecular complexity index is 1340.